The quantitative estimate of drug-likeness (QED) is 0.872. The Hall–Kier alpha value is -1.49. The first-order valence-electron chi connectivity index (χ1n) is 5.80. The van der Waals surface area contributed by atoms with Gasteiger partial charge in [-0.2, -0.15) is 13.2 Å². The first-order valence-corrected chi connectivity index (χ1v) is 5.80. The van der Waals surface area contributed by atoms with E-state index < -0.39 is 11.7 Å². The summed E-state index contributed by atoms with van der Waals surface area (Å²) in [5.74, 6) is 0. The fraction of sp³-hybridized carbons (Fsp3) is 0.385. The maximum absolute atomic E-state index is 12.6. The topological polar surface area (TPSA) is 30.9 Å². The molecule has 0 radical (unpaired) electrons. The summed E-state index contributed by atoms with van der Waals surface area (Å²) >= 11 is 0. The highest BCUT2D eigenvalue weighted by molar-refractivity contribution is 5.82. The molecule has 5 heteroatoms. The number of nitrogens with zero attached hydrogens (tertiary/aromatic N) is 1. The van der Waals surface area contributed by atoms with Crippen LogP contribution in [0.2, 0.25) is 0 Å². The maximum atomic E-state index is 12.6. The molecule has 98 valence electrons. The predicted molar refractivity (Wildman–Crippen MR) is 65.2 cm³/mol. The SMILES string of the molecule is CCn1c(C(C)N)cc2cc(C(F)(F)F)ccc21. The fourth-order valence-electron chi connectivity index (χ4n) is 2.20. The lowest BCUT2D eigenvalue weighted by molar-refractivity contribution is -0.137. The van der Waals surface area contributed by atoms with Crippen LogP contribution in [0, 0.1) is 0 Å². The summed E-state index contributed by atoms with van der Waals surface area (Å²) < 4.78 is 39.8. The fourth-order valence-corrected chi connectivity index (χ4v) is 2.20. The minimum Gasteiger partial charge on any atom is -0.343 e. The zero-order chi connectivity index (χ0) is 13.5. The maximum Gasteiger partial charge on any atom is 0.416 e. The van der Waals surface area contributed by atoms with Crippen molar-refractivity contribution in [3.8, 4) is 0 Å². The number of alkyl halides is 3. The third kappa shape index (κ3) is 2.10. The summed E-state index contributed by atoms with van der Waals surface area (Å²) in [6.45, 7) is 4.46. The minimum atomic E-state index is -4.31. The molecule has 18 heavy (non-hydrogen) atoms. The van der Waals surface area contributed by atoms with Gasteiger partial charge in [0.2, 0.25) is 0 Å². The number of fused-ring (bicyclic) bond motifs is 1. The van der Waals surface area contributed by atoms with Crippen molar-refractivity contribution in [1.82, 2.24) is 4.57 Å². The molecule has 1 atom stereocenters. The Bertz CT molecular complexity index is 567. The molecule has 1 aromatic carbocycles. The number of benzene rings is 1. The number of halogens is 3. The van der Waals surface area contributed by atoms with Crippen LogP contribution in [0.15, 0.2) is 24.3 Å². The average Bonchev–Trinajstić information content (AvgIpc) is 2.65. The van der Waals surface area contributed by atoms with Gasteiger partial charge >= 0.3 is 6.18 Å². The lowest BCUT2D eigenvalue weighted by Crippen LogP contribution is -2.11. The zero-order valence-electron chi connectivity index (χ0n) is 10.3. The number of hydrogen-bond acceptors (Lipinski definition) is 1. The van der Waals surface area contributed by atoms with Crippen LogP contribution in [0.1, 0.15) is 31.1 Å². The normalized spacial score (nSPS) is 14.1. The number of hydrogen-bond donors (Lipinski definition) is 1. The van der Waals surface area contributed by atoms with Crippen LogP contribution < -0.4 is 5.73 Å². The zero-order valence-corrected chi connectivity index (χ0v) is 10.3. The van der Waals surface area contributed by atoms with Crippen molar-refractivity contribution in [2.24, 2.45) is 5.73 Å². The summed E-state index contributed by atoms with van der Waals surface area (Å²) in [6.07, 6.45) is -4.31. The summed E-state index contributed by atoms with van der Waals surface area (Å²) in [4.78, 5) is 0. The predicted octanol–water partition coefficient (Wildman–Crippen LogP) is 3.70. The van der Waals surface area contributed by atoms with E-state index in [9.17, 15) is 13.2 Å². The van der Waals surface area contributed by atoms with Crippen molar-refractivity contribution < 1.29 is 13.2 Å². The Morgan fingerprint density at radius 3 is 2.44 bits per heavy atom. The van der Waals surface area contributed by atoms with E-state index in [0.29, 0.717) is 11.9 Å². The van der Waals surface area contributed by atoms with E-state index in [4.69, 9.17) is 5.73 Å². The van der Waals surface area contributed by atoms with Crippen molar-refractivity contribution >= 4 is 10.9 Å². The van der Waals surface area contributed by atoms with Crippen LogP contribution in [0.3, 0.4) is 0 Å². The second-order valence-electron chi connectivity index (χ2n) is 4.37. The Labute approximate surface area is 103 Å². The van der Waals surface area contributed by atoms with Crippen LogP contribution in [0.25, 0.3) is 10.9 Å². The van der Waals surface area contributed by atoms with Gasteiger partial charge in [-0.05, 0) is 38.1 Å². The molecule has 1 aromatic heterocycles. The van der Waals surface area contributed by atoms with Gasteiger partial charge in [0.15, 0.2) is 0 Å². The molecule has 1 unspecified atom stereocenters. The Balaban J connectivity index is 2.66. The molecular weight excluding hydrogens is 241 g/mol. The van der Waals surface area contributed by atoms with Crippen LogP contribution in [0.4, 0.5) is 13.2 Å². The molecule has 0 aliphatic rings. The molecule has 0 saturated heterocycles. The van der Waals surface area contributed by atoms with Crippen molar-refractivity contribution in [3.63, 3.8) is 0 Å². The van der Waals surface area contributed by atoms with E-state index >= 15 is 0 Å². The number of aromatic nitrogens is 1. The second-order valence-corrected chi connectivity index (χ2v) is 4.37. The second kappa shape index (κ2) is 4.31. The molecule has 0 fully saturated rings. The van der Waals surface area contributed by atoms with Gasteiger partial charge in [0, 0.05) is 29.2 Å². The highest BCUT2D eigenvalue weighted by Gasteiger charge is 2.30. The Kier molecular flexibility index (Phi) is 3.11. The third-order valence-corrected chi connectivity index (χ3v) is 3.04. The summed E-state index contributed by atoms with van der Waals surface area (Å²) in [5.41, 5.74) is 6.85. The van der Waals surface area contributed by atoms with Crippen molar-refractivity contribution in [2.45, 2.75) is 32.6 Å². The summed E-state index contributed by atoms with van der Waals surface area (Å²) in [7, 11) is 0. The van der Waals surface area contributed by atoms with Crippen molar-refractivity contribution in [3.05, 3.63) is 35.5 Å². The van der Waals surface area contributed by atoms with Gasteiger partial charge < -0.3 is 10.3 Å². The van der Waals surface area contributed by atoms with Gasteiger partial charge in [-0.3, -0.25) is 0 Å². The minimum absolute atomic E-state index is 0.202. The highest BCUT2D eigenvalue weighted by atomic mass is 19.4. The molecule has 1 heterocycles. The smallest absolute Gasteiger partial charge is 0.343 e. The molecule has 0 spiro atoms. The van der Waals surface area contributed by atoms with Gasteiger partial charge in [-0.15, -0.1) is 0 Å². The number of aryl methyl sites for hydroxylation is 1. The van der Waals surface area contributed by atoms with Gasteiger partial charge in [-0.25, -0.2) is 0 Å². The van der Waals surface area contributed by atoms with Crippen LogP contribution >= 0.6 is 0 Å². The number of rotatable bonds is 2. The molecule has 0 aliphatic carbocycles. The summed E-state index contributed by atoms with van der Waals surface area (Å²) in [6, 6.07) is 5.32. The van der Waals surface area contributed by atoms with Crippen LogP contribution in [0.5, 0.6) is 0 Å². The van der Waals surface area contributed by atoms with E-state index in [1.807, 2.05) is 18.4 Å². The average molecular weight is 256 g/mol. The van der Waals surface area contributed by atoms with E-state index in [1.165, 1.54) is 12.1 Å². The molecule has 2 aromatic rings. The molecule has 2 rings (SSSR count). The van der Waals surface area contributed by atoms with Crippen molar-refractivity contribution in [2.75, 3.05) is 0 Å². The largest absolute Gasteiger partial charge is 0.416 e. The van der Waals surface area contributed by atoms with Crippen molar-refractivity contribution in [1.29, 1.82) is 0 Å². The monoisotopic (exact) mass is 256 g/mol. The van der Waals surface area contributed by atoms with Crippen LogP contribution in [-0.4, -0.2) is 4.57 Å². The molecule has 0 saturated carbocycles. The Morgan fingerprint density at radius 2 is 1.94 bits per heavy atom. The first kappa shape index (κ1) is 13.0. The highest BCUT2D eigenvalue weighted by Crippen LogP contribution is 2.33. The standard InChI is InChI=1S/C13H15F3N2/c1-3-18-11-5-4-10(13(14,15)16)6-9(11)7-12(18)8(2)17/h4-8H,3,17H2,1-2H3. The molecule has 2 nitrogen and oxygen atoms in total. The van der Waals surface area contributed by atoms with Gasteiger partial charge in [0.1, 0.15) is 0 Å². The van der Waals surface area contributed by atoms with E-state index in [0.717, 1.165) is 17.3 Å². The van der Waals surface area contributed by atoms with E-state index in [2.05, 4.69) is 0 Å². The molecule has 0 amide bonds. The van der Waals surface area contributed by atoms with Crippen LogP contribution in [-0.2, 0) is 12.7 Å². The van der Waals surface area contributed by atoms with E-state index in [1.54, 1.807) is 6.07 Å². The molecule has 2 N–H and O–H groups in total. The van der Waals surface area contributed by atoms with Gasteiger partial charge in [0.05, 0.1) is 5.56 Å². The Morgan fingerprint density at radius 1 is 1.28 bits per heavy atom. The lowest BCUT2D eigenvalue weighted by Gasteiger charge is -2.11. The lowest BCUT2D eigenvalue weighted by atomic mass is 10.1. The van der Waals surface area contributed by atoms with E-state index in [-0.39, 0.29) is 6.04 Å². The summed E-state index contributed by atoms with van der Waals surface area (Å²) in [5, 5.41) is 0.582. The molecule has 0 bridgehead atoms. The number of nitrogens with two attached hydrogens (primary N) is 1. The van der Waals surface area contributed by atoms with Gasteiger partial charge in [0.25, 0.3) is 0 Å². The molecule has 0 aliphatic heterocycles. The van der Waals surface area contributed by atoms with Gasteiger partial charge in [-0.1, -0.05) is 0 Å². The third-order valence-electron chi connectivity index (χ3n) is 3.04. The first-order chi connectivity index (χ1) is 8.34. The molecular formula is C13H15F3N2.